The van der Waals surface area contributed by atoms with Crippen molar-refractivity contribution in [3.8, 4) is 0 Å². The first-order valence-corrected chi connectivity index (χ1v) is 6.36. The minimum Gasteiger partial charge on any atom is -0.463 e. The van der Waals surface area contributed by atoms with Gasteiger partial charge in [-0.3, -0.25) is 4.79 Å². The van der Waals surface area contributed by atoms with E-state index in [0.717, 1.165) is 0 Å². The Morgan fingerprint density at radius 3 is 2.63 bits per heavy atom. The van der Waals surface area contributed by atoms with E-state index in [4.69, 9.17) is 24.7 Å². The number of nitrogens with two attached hydrogens (primary N) is 1. The van der Waals surface area contributed by atoms with Crippen molar-refractivity contribution in [1.82, 2.24) is 0 Å². The van der Waals surface area contributed by atoms with E-state index < -0.39 is 11.9 Å². The minimum absolute atomic E-state index is 0.118. The molecule has 2 fully saturated rings. The summed E-state index contributed by atoms with van der Waals surface area (Å²) in [5.41, 5.74) is 6.10. The molecule has 0 aromatic heterocycles. The molecule has 0 bridgehead atoms. The lowest BCUT2D eigenvalue weighted by Crippen LogP contribution is -2.60. The maximum Gasteiger partial charge on any atom is 0.302 e. The van der Waals surface area contributed by atoms with E-state index in [1.165, 1.54) is 6.92 Å². The first-order chi connectivity index (χ1) is 8.84. The zero-order chi connectivity index (χ0) is 14.2. The lowest BCUT2D eigenvalue weighted by Gasteiger charge is -2.39. The maximum atomic E-state index is 10.9. The molecule has 2 heterocycles. The largest absolute Gasteiger partial charge is 0.463 e. The summed E-state index contributed by atoms with van der Waals surface area (Å²) >= 11 is 0. The Kier molecular flexibility index (Phi) is 3.96. The highest BCUT2D eigenvalue weighted by atomic mass is 16.8. The van der Waals surface area contributed by atoms with Gasteiger partial charge in [0.25, 0.3) is 0 Å². The summed E-state index contributed by atoms with van der Waals surface area (Å²) in [7, 11) is 0. The molecule has 19 heavy (non-hydrogen) atoms. The molecule has 0 aromatic carbocycles. The molecule has 2 aliphatic heterocycles. The molecule has 6 nitrogen and oxygen atoms in total. The SMILES string of the molecule is C=C[C@H]1OC(COC(C)=O)C2OC(C)(C)OC2[C@H]1N. The molecule has 0 aliphatic carbocycles. The fourth-order valence-electron chi connectivity index (χ4n) is 2.51. The van der Waals surface area contributed by atoms with Crippen LogP contribution in [-0.2, 0) is 23.7 Å². The number of hydrogen-bond donors (Lipinski definition) is 1. The number of carbonyl (C=O) groups excluding carboxylic acids is 1. The summed E-state index contributed by atoms with van der Waals surface area (Å²) in [6.07, 6.45) is 0.238. The molecule has 2 rings (SSSR count). The monoisotopic (exact) mass is 271 g/mol. The van der Waals surface area contributed by atoms with Crippen LogP contribution in [0.15, 0.2) is 12.7 Å². The highest BCUT2D eigenvalue weighted by Crippen LogP contribution is 2.37. The van der Waals surface area contributed by atoms with E-state index in [1.807, 2.05) is 13.8 Å². The van der Waals surface area contributed by atoms with Crippen LogP contribution in [0.2, 0.25) is 0 Å². The normalized spacial score (nSPS) is 40.5. The number of hydrogen-bond acceptors (Lipinski definition) is 6. The van der Waals surface area contributed by atoms with Crippen LogP contribution in [0, 0.1) is 0 Å². The van der Waals surface area contributed by atoms with Gasteiger partial charge in [-0.25, -0.2) is 0 Å². The second kappa shape index (κ2) is 5.20. The second-order valence-electron chi connectivity index (χ2n) is 5.32. The molecule has 0 amide bonds. The van der Waals surface area contributed by atoms with Gasteiger partial charge in [0.15, 0.2) is 5.79 Å². The van der Waals surface area contributed by atoms with E-state index >= 15 is 0 Å². The topological polar surface area (TPSA) is 80.0 Å². The van der Waals surface area contributed by atoms with Gasteiger partial charge in [0, 0.05) is 6.92 Å². The smallest absolute Gasteiger partial charge is 0.302 e. The van der Waals surface area contributed by atoms with Gasteiger partial charge in [-0.05, 0) is 13.8 Å². The molecule has 0 aromatic rings. The van der Waals surface area contributed by atoms with Gasteiger partial charge in [-0.1, -0.05) is 6.08 Å². The Balaban J connectivity index is 2.14. The van der Waals surface area contributed by atoms with Crippen molar-refractivity contribution < 1.29 is 23.7 Å². The Morgan fingerprint density at radius 2 is 2.05 bits per heavy atom. The van der Waals surface area contributed by atoms with Crippen LogP contribution in [0.1, 0.15) is 20.8 Å². The summed E-state index contributed by atoms with van der Waals surface area (Å²) in [6.45, 7) is 8.82. The predicted molar refractivity (Wildman–Crippen MR) is 67.3 cm³/mol. The lowest BCUT2D eigenvalue weighted by molar-refractivity contribution is -0.172. The average molecular weight is 271 g/mol. The van der Waals surface area contributed by atoms with Crippen LogP contribution in [0.25, 0.3) is 0 Å². The number of fused-ring (bicyclic) bond motifs is 1. The third kappa shape index (κ3) is 2.97. The Labute approximate surface area is 112 Å². The van der Waals surface area contributed by atoms with Crippen LogP contribution < -0.4 is 5.73 Å². The molecule has 0 spiro atoms. The molecule has 2 saturated heterocycles. The van der Waals surface area contributed by atoms with Crippen LogP contribution in [-0.4, -0.2) is 48.8 Å². The summed E-state index contributed by atoms with van der Waals surface area (Å²) in [6, 6.07) is -0.349. The summed E-state index contributed by atoms with van der Waals surface area (Å²) in [4.78, 5) is 10.9. The van der Waals surface area contributed by atoms with Crippen molar-refractivity contribution in [2.75, 3.05) is 6.61 Å². The van der Waals surface area contributed by atoms with Gasteiger partial charge in [-0.2, -0.15) is 0 Å². The molecule has 5 atom stereocenters. The molecule has 0 radical (unpaired) electrons. The van der Waals surface area contributed by atoms with E-state index in [-0.39, 0.29) is 36.9 Å². The zero-order valence-corrected chi connectivity index (χ0v) is 11.5. The Morgan fingerprint density at radius 1 is 1.42 bits per heavy atom. The van der Waals surface area contributed by atoms with Gasteiger partial charge < -0.3 is 24.7 Å². The van der Waals surface area contributed by atoms with E-state index in [2.05, 4.69) is 6.58 Å². The van der Waals surface area contributed by atoms with Gasteiger partial charge in [0.2, 0.25) is 0 Å². The molecule has 0 saturated carbocycles. The third-order valence-corrected chi connectivity index (χ3v) is 3.30. The molecular weight excluding hydrogens is 250 g/mol. The number of ether oxygens (including phenoxy) is 4. The van der Waals surface area contributed by atoms with E-state index in [0.29, 0.717) is 0 Å². The average Bonchev–Trinajstić information content (AvgIpc) is 2.64. The molecule has 3 unspecified atom stereocenters. The highest BCUT2D eigenvalue weighted by molar-refractivity contribution is 5.65. The second-order valence-corrected chi connectivity index (χ2v) is 5.32. The van der Waals surface area contributed by atoms with Crippen LogP contribution in [0.3, 0.4) is 0 Å². The van der Waals surface area contributed by atoms with E-state index in [1.54, 1.807) is 6.08 Å². The first kappa shape index (κ1) is 14.5. The molecule has 2 aliphatic rings. The maximum absolute atomic E-state index is 10.9. The summed E-state index contributed by atoms with van der Waals surface area (Å²) in [5, 5.41) is 0. The fourth-order valence-corrected chi connectivity index (χ4v) is 2.51. The van der Waals surface area contributed by atoms with Crippen molar-refractivity contribution in [1.29, 1.82) is 0 Å². The molecule has 108 valence electrons. The first-order valence-electron chi connectivity index (χ1n) is 6.36. The van der Waals surface area contributed by atoms with Gasteiger partial charge in [0.05, 0.1) is 12.1 Å². The summed E-state index contributed by atoms with van der Waals surface area (Å²) < 4.78 is 22.4. The van der Waals surface area contributed by atoms with Gasteiger partial charge >= 0.3 is 5.97 Å². The van der Waals surface area contributed by atoms with Crippen LogP contribution in [0.5, 0.6) is 0 Å². The fraction of sp³-hybridized carbons (Fsp3) is 0.769. The van der Waals surface area contributed by atoms with Crippen molar-refractivity contribution >= 4 is 5.97 Å². The zero-order valence-electron chi connectivity index (χ0n) is 11.5. The number of rotatable bonds is 3. The minimum atomic E-state index is -0.721. The molecule has 6 heteroatoms. The van der Waals surface area contributed by atoms with Gasteiger partial charge in [0.1, 0.15) is 24.9 Å². The highest BCUT2D eigenvalue weighted by Gasteiger charge is 2.53. The lowest BCUT2D eigenvalue weighted by atomic mass is 9.93. The van der Waals surface area contributed by atoms with Crippen LogP contribution >= 0.6 is 0 Å². The van der Waals surface area contributed by atoms with Crippen molar-refractivity contribution in [3.63, 3.8) is 0 Å². The number of carbonyl (C=O) groups is 1. The molecular formula is C13H21NO5. The quantitative estimate of drug-likeness (QED) is 0.589. The molecule has 2 N–H and O–H groups in total. The van der Waals surface area contributed by atoms with Crippen LogP contribution in [0.4, 0.5) is 0 Å². The predicted octanol–water partition coefficient (Wildman–Crippen LogP) is 0.350. The van der Waals surface area contributed by atoms with Gasteiger partial charge in [-0.15, -0.1) is 6.58 Å². The Bertz CT molecular complexity index is 370. The number of esters is 1. The van der Waals surface area contributed by atoms with E-state index in [9.17, 15) is 4.79 Å². The standard InChI is InChI=1S/C13H21NO5/c1-5-8-10(14)12-11(18-13(3,4)19-12)9(17-8)6-16-7(2)15/h5,8-12H,1,6,14H2,2-4H3/t8-,9?,10+,11?,12?/m1/s1. The van der Waals surface area contributed by atoms with Crippen molar-refractivity contribution in [2.45, 2.75) is 57.0 Å². The summed E-state index contributed by atoms with van der Waals surface area (Å²) in [5.74, 6) is -1.08. The third-order valence-electron chi connectivity index (χ3n) is 3.30. The Hall–Kier alpha value is -0.950. The van der Waals surface area contributed by atoms with Crippen molar-refractivity contribution in [2.24, 2.45) is 5.73 Å². The van der Waals surface area contributed by atoms with Crippen molar-refractivity contribution in [3.05, 3.63) is 12.7 Å².